The molecule has 2 aliphatic heterocycles. The Morgan fingerprint density at radius 1 is 1.10 bits per heavy atom. The maximum atomic E-state index is 12.5. The van der Waals surface area contributed by atoms with Crippen molar-refractivity contribution in [1.29, 1.82) is 0 Å². The molecule has 0 aliphatic carbocycles. The Bertz CT molecular complexity index is 1100. The second-order valence-corrected chi connectivity index (χ2v) is 8.61. The fourth-order valence-electron chi connectivity index (χ4n) is 4.73. The Morgan fingerprint density at radius 3 is 2.67 bits per heavy atom. The summed E-state index contributed by atoms with van der Waals surface area (Å²) in [6.07, 6.45) is 4.81. The molecule has 5 rings (SSSR count). The largest absolute Gasteiger partial charge is 0.355 e. The number of H-pyrrole nitrogens is 1. The van der Waals surface area contributed by atoms with Crippen LogP contribution >= 0.6 is 24.0 Å². The molecule has 0 unspecified atom stereocenters. The summed E-state index contributed by atoms with van der Waals surface area (Å²) in [5.74, 6) is -0.0380. The van der Waals surface area contributed by atoms with Gasteiger partial charge in [-0.25, -0.2) is 0 Å². The molecule has 3 heterocycles. The van der Waals surface area contributed by atoms with Crippen LogP contribution in [0.1, 0.15) is 53.2 Å². The second kappa shape index (κ2) is 8.62. The van der Waals surface area contributed by atoms with Crippen LogP contribution in [0.4, 0.5) is 0 Å². The van der Waals surface area contributed by atoms with Gasteiger partial charge in [0.05, 0.1) is 5.56 Å². The number of aryl methyl sites for hydroxylation is 1. The maximum absolute atomic E-state index is 12.5. The predicted octanol–water partition coefficient (Wildman–Crippen LogP) is 5.70. The molecule has 1 saturated heterocycles. The molecule has 1 aromatic heterocycles. The van der Waals surface area contributed by atoms with Crippen LogP contribution in [0.3, 0.4) is 0 Å². The quantitative estimate of drug-likeness (QED) is 0.542. The average Bonchev–Trinajstić information content (AvgIpc) is 3.33. The SMILES string of the molecule is CCc1cc(-c2cc3cc(CN4CCCCC4)ccc3[nH]2)c2c(c1Cl)CNC2=O.Cl. The summed E-state index contributed by atoms with van der Waals surface area (Å²) in [6, 6.07) is 10.9. The van der Waals surface area contributed by atoms with Gasteiger partial charge in [-0.05, 0) is 67.7 Å². The first-order chi connectivity index (χ1) is 14.1. The molecule has 0 bridgehead atoms. The monoisotopic (exact) mass is 443 g/mol. The first-order valence-corrected chi connectivity index (χ1v) is 11.0. The number of carbonyl (C=O) groups excluding carboxylic acids is 1. The van der Waals surface area contributed by atoms with Gasteiger partial charge in [-0.3, -0.25) is 9.69 Å². The van der Waals surface area contributed by atoms with Gasteiger partial charge in [0.15, 0.2) is 0 Å². The highest BCUT2D eigenvalue weighted by Gasteiger charge is 2.28. The highest BCUT2D eigenvalue weighted by Crippen LogP contribution is 2.37. The molecule has 6 heteroatoms. The van der Waals surface area contributed by atoms with Crippen molar-refractivity contribution in [3.63, 3.8) is 0 Å². The number of likely N-dealkylation sites (tertiary alicyclic amines) is 1. The lowest BCUT2D eigenvalue weighted by Crippen LogP contribution is -2.28. The van der Waals surface area contributed by atoms with Crippen molar-refractivity contribution >= 4 is 40.8 Å². The molecular weight excluding hydrogens is 417 g/mol. The summed E-state index contributed by atoms with van der Waals surface area (Å²) < 4.78 is 0. The van der Waals surface area contributed by atoms with Crippen molar-refractivity contribution in [2.45, 2.75) is 45.7 Å². The minimum Gasteiger partial charge on any atom is -0.355 e. The van der Waals surface area contributed by atoms with Gasteiger partial charge < -0.3 is 10.3 Å². The molecule has 4 nitrogen and oxygen atoms in total. The Morgan fingerprint density at radius 2 is 1.90 bits per heavy atom. The van der Waals surface area contributed by atoms with Gasteiger partial charge in [0.2, 0.25) is 0 Å². The van der Waals surface area contributed by atoms with Crippen LogP contribution in [0.2, 0.25) is 5.02 Å². The molecule has 0 atom stereocenters. The molecule has 0 saturated carbocycles. The van der Waals surface area contributed by atoms with Crippen LogP contribution in [-0.2, 0) is 19.5 Å². The van der Waals surface area contributed by atoms with E-state index >= 15 is 0 Å². The number of carbonyl (C=O) groups is 1. The van der Waals surface area contributed by atoms with Crippen molar-refractivity contribution in [3.8, 4) is 11.3 Å². The van der Waals surface area contributed by atoms with Gasteiger partial charge in [0, 0.05) is 45.8 Å². The first kappa shape index (κ1) is 21.2. The second-order valence-electron chi connectivity index (χ2n) is 8.23. The van der Waals surface area contributed by atoms with Crippen LogP contribution < -0.4 is 5.32 Å². The van der Waals surface area contributed by atoms with Crippen molar-refractivity contribution in [3.05, 3.63) is 57.6 Å². The lowest BCUT2D eigenvalue weighted by Gasteiger charge is -2.26. The molecular formula is C24H27Cl2N3O. The predicted molar refractivity (Wildman–Crippen MR) is 126 cm³/mol. The summed E-state index contributed by atoms with van der Waals surface area (Å²) >= 11 is 6.56. The molecule has 3 aromatic rings. The number of halogens is 2. The van der Waals surface area contributed by atoms with Gasteiger partial charge in [0.25, 0.3) is 5.91 Å². The molecule has 1 fully saturated rings. The molecule has 2 N–H and O–H groups in total. The van der Waals surface area contributed by atoms with Crippen molar-refractivity contribution < 1.29 is 4.79 Å². The highest BCUT2D eigenvalue weighted by molar-refractivity contribution is 6.33. The van der Waals surface area contributed by atoms with E-state index in [9.17, 15) is 4.79 Å². The first-order valence-electron chi connectivity index (χ1n) is 10.6. The summed E-state index contributed by atoms with van der Waals surface area (Å²) in [5.41, 5.74) is 7.10. The summed E-state index contributed by atoms with van der Waals surface area (Å²) in [5, 5.41) is 4.85. The van der Waals surface area contributed by atoms with E-state index in [2.05, 4.69) is 52.5 Å². The molecule has 2 aliphatic rings. The zero-order chi connectivity index (χ0) is 20.0. The summed E-state index contributed by atoms with van der Waals surface area (Å²) in [4.78, 5) is 18.6. The van der Waals surface area contributed by atoms with Crippen LogP contribution in [0.15, 0.2) is 30.3 Å². The number of piperidine rings is 1. The van der Waals surface area contributed by atoms with E-state index in [4.69, 9.17) is 11.6 Å². The van der Waals surface area contributed by atoms with Crippen LogP contribution in [0.5, 0.6) is 0 Å². The average molecular weight is 444 g/mol. The summed E-state index contributed by atoms with van der Waals surface area (Å²) in [7, 11) is 0. The van der Waals surface area contributed by atoms with E-state index in [-0.39, 0.29) is 18.3 Å². The lowest BCUT2D eigenvalue weighted by atomic mass is 9.96. The third-order valence-corrected chi connectivity index (χ3v) is 6.77. The number of hydrogen-bond acceptors (Lipinski definition) is 2. The Balaban J connectivity index is 0.00000218. The Kier molecular flexibility index (Phi) is 6.10. The van der Waals surface area contributed by atoms with Gasteiger partial charge >= 0.3 is 0 Å². The number of fused-ring (bicyclic) bond motifs is 2. The highest BCUT2D eigenvalue weighted by atomic mass is 35.5. The lowest BCUT2D eigenvalue weighted by molar-refractivity contribution is 0.0966. The van der Waals surface area contributed by atoms with Gasteiger partial charge in [-0.2, -0.15) is 0 Å². The maximum Gasteiger partial charge on any atom is 0.252 e. The number of nitrogens with zero attached hydrogens (tertiary/aromatic N) is 1. The van der Waals surface area contributed by atoms with Gasteiger partial charge in [0.1, 0.15) is 0 Å². The van der Waals surface area contributed by atoms with E-state index in [0.29, 0.717) is 12.1 Å². The molecule has 1 amide bonds. The van der Waals surface area contributed by atoms with E-state index in [0.717, 1.165) is 45.9 Å². The third-order valence-electron chi connectivity index (χ3n) is 6.30. The van der Waals surface area contributed by atoms with Crippen molar-refractivity contribution in [1.82, 2.24) is 15.2 Å². The molecule has 0 radical (unpaired) electrons. The Labute approximate surface area is 188 Å². The molecule has 2 aromatic carbocycles. The number of aromatic amines is 1. The minimum absolute atomic E-state index is 0. The normalized spacial score (nSPS) is 16.4. The van der Waals surface area contributed by atoms with Crippen molar-refractivity contribution in [2.24, 2.45) is 0 Å². The Hall–Kier alpha value is -2.01. The van der Waals surface area contributed by atoms with E-state index in [1.54, 1.807) is 0 Å². The van der Waals surface area contributed by atoms with E-state index < -0.39 is 0 Å². The number of hydrogen-bond donors (Lipinski definition) is 2. The fourth-order valence-corrected chi connectivity index (χ4v) is 5.08. The number of amides is 1. The third kappa shape index (κ3) is 3.73. The number of aromatic nitrogens is 1. The zero-order valence-electron chi connectivity index (χ0n) is 17.2. The molecule has 158 valence electrons. The van der Waals surface area contributed by atoms with Crippen molar-refractivity contribution in [2.75, 3.05) is 13.1 Å². The van der Waals surface area contributed by atoms with Gasteiger partial charge in [-0.1, -0.05) is 31.0 Å². The van der Waals surface area contributed by atoms with Crippen LogP contribution in [-0.4, -0.2) is 28.9 Å². The zero-order valence-corrected chi connectivity index (χ0v) is 18.8. The number of rotatable bonds is 4. The smallest absolute Gasteiger partial charge is 0.252 e. The summed E-state index contributed by atoms with van der Waals surface area (Å²) in [6.45, 7) is 6.01. The standard InChI is InChI=1S/C24H26ClN3O.ClH/c1-2-16-11-18(22-19(23(16)25)13-26-24(22)29)21-12-17-10-15(6-7-20(17)27-21)14-28-8-4-3-5-9-28;/h6-7,10-12,27H,2-5,8-9,13-14H2,1H3,(H,26,29);1H. The van der Waals surface area contributed by atoms with Gasteiger partial charge in [-0.15, -0.1) is 12.4 Å². The molecule has 0 spiro atoms. The van der Waals surface area contributed by atoms with E-state index in [1.165, 1.54) is 43.3 Å². The topological polar surface area (TPSA) is 48.1 Å². The van der Waals surface area contributed by atoms with Crippen LogP contribution in [0, 0.1) is 0 Å². The number of benzene rings is 2. The van der Waals surface area contributed by atoms with E-state index in [1.807, 2.05) is 0 Å². The minimum atomic E-state index is -0.0380. The fraction of sp³-hybridized carbons (Fsp3) is 0.375. The molecule has 30 heavy (non-hydrogen) atoms. The van der Waals surface area contributed by atoms with Crippen LogP contribution in [0.25, 0.3) is 22.2 Å². The number of nitrogens with one attached hydrogen (secondary N) is 2.